The number of nitrogens with two attached hydrogens (primary N) is 1. The fraction of sp³-hybridized carbons (Fsp3) is 0.357. The molecule has 20 heavy (non-hydrogen) atoms. The summed E-state index contributed by atoms with van der Waals surface area (Å²) in [6.07, 6.45) is 1.34. The van der Waals surface area contributed by atoms with Gasteiger partial charge in [0.1, 0.15) is 0 Å². The number of hydrogen-bond acceptors (Lipinski definition) is 4. The molecule has 0 saturated carbocycles. The SMILES string of the molecule is CC(N)=CC(=O)Nc1ccc(N2CCOCC2)c(Cl)c1. The molecule has 1 aliphatic rings. The monoisotopic (exact) mass is 295 g/mol. The summed E-state index contributed by atoms with van der Waals surface area (Å²) in [6.45, 7) is 4.71. The van der Waals surface area contributed by atoms with E-state index < -0.39 is 0 Å². The molecule has 1 aliphatic heterocycles. The maximum Gasteiger partial charge on any atom is 0.250 e. The number of nitrogens with one attached hydrogen (secondary N) is 1. The minimum Gasteiger partial charge on any atom is -0.402 e. The molecular formula is C14H18ClN3O2. The van der Waals surface area contributed by atoms with E-state index in [1.807, 2.05) is 12.1 Å². The largest absolute Gasteiger partial charge is 0.402 e. The number of ether oxygens (including phenoxy) is 1. The summed E-state index contributed by atoms with van der Waals surface area (Å²) in [7, 11) is 0. The molecule has 0 atom stereocenters. The van der Waals surface area contributed by atoms with E-state index in [9.17, 15) is 4.79 Å². The van der Waals surface area contributed by atoms with Crippen molar-refractivity contribution in [2.45, 2.75) is 6.92 Å². The van der Waals surface area contributed by atoms with Gasteiger partial charge in [-0.2, -0.15) is 0 Å². The van der Waals surface area contributed by atoms with Crippen LogP contribution in [0.15, 0.2) is 30.0 Å². The summed E-state index contributed by atoms with van der Waals surface area (Å²) in [5.41, 5.74) is 7.52. The lowest BCUT2D eigenvalue weighted by molar-refractivity contribution is -0.111. The second-order valence-electron chi connectivity index (χ2n) is 4.64. The molecular weight excluding hydrogens is 278 g/mol. The van der Waals surface area contributed by atoms with Gasteiger partial charge in [0.2, 0.25) is 5.91 Å². The molecule has 1 saturated heterocycles. The molecule has 0 aliphatic carbocycles. The predicted octanol–water partition coefficient (Wildman–Crippen LogP) is 1.98. The van der Waals surface area contributed by atoms with Crippen molar-refractivity contribution in [3.8, 4) is 0 Å². The van der Waals surface area contributed by atoms with Crippen LogP contribution < -0.4 is 16.0 Å². The zero-order valence-corrected chi connectivity index (χ0v) is 12.1. The number of halogens is 1. The Morgan fingerprint density at radius 3 is 2.75 bits per heavy atom. The quantitative estimate of drug-likeness (QED) is 0.837. The zero-order valence-electron chi connectivity index (χ0n) is 11.4. The van der Waals surface area contributed by atoms with Crippen LogP contribution in [0.25, 0.3) is 0 Å². The third kappa shape index (κ3) is 3.88. The number of hydrogen-bond donors (Lipinski definition) is 2. The Morgan fingerprint density at radius 2 is 2.15 bits per heavy atom. The molecule has 5 nitrogen and oxygen atoms in total. The van der Waals surface area contributed by atoms with Crippen molar-refractivity contribution < 1.29 is 9.53 Å². The Kier molecular flexibility index (Phi) is 4.87. The highest BCUT2D eigenvalue weighted by Crippen LogP contribution is 2.29. The molecule has 108 valence electrons. The number of carbonyl (C=O) groups is 1. The molecule has 0 spiro atoms. The Labute approximate surface area is 123 Å². The highest BCUT2D eigenvalue weighted by Gasteiger charge is 2.14. The number of carbonyl (C=O) groups excluding carboxylic acids is 1. The van der Waals surface area contributed by atoms with Crippen LogP contribution >= 0.6 is 11.6 Å². The van der Waals surface area contributed by atoms with Crippen molar-refractivity contribution in [1.29, 1.82) is 0 Å². The Balaban J connectivity index is 2.09. The average molecular weight is 296 g/mol. The van der Waals surface area contributed by atoms with Crippen molar-refractivity contribution in [3.05, 3.63) is 35.0 Å². The number of nitrogens with zero attached hydrogens (tertiary/aromatic N) is 1. The molecule has 3 N–H and O–H groups in total. The van der Waals surface area contributed by atoms with E-state index in [4.69, 9.17) is 22.1 Å². The Bertz CT molecular complexity index is 521. The fourth-order valence-electron chi connectivity index (χ4n) is 2.03. The average Bonchev–Trinajstić information content (AvgIpc) is 2.38. The first-order valence-corrected chi connectivity index (χ1v) is 6.81. The first kappa shape index (κ1) is 14.7. The highest BCUT2D eigenvalue weighted by molar-refractivity contribution is 6.33. The minimum atomic E-state index is -0.264. The van der Waals surface area contributed by atoms with E-state index >= 15 is 0 Å². The first-order chi connectivity index (χ1) is 9.56. The summed E-state index contributed by atoms with van der Waals surface area (Å²) in [5, 5.41) is 3.33. The molecule has 6 heteroatoms. The van der Waals surface area contributed by atoms with Gasteiger partial charge in [-0.1, -0.05) is 11.6 Å². The normalized spacial score (nSPS) is 16.1. The summed E-state index contributed by atoms with van der Waals surface area (Å²) < 4.78 is 5.31. The third-order valence-corrected chi connectivity index (χ3v) is 3.23. The summed E-state index contributed by atoms with van der Waals surface area (Å²) in [5.74, 6) is -0.264. The van der Waals surface area contributed by atoms with Crippen LogP contribution in [-0.2, 0) is 9.53 Å². The van der Waals surface area contributed by atoms with E-state index in [0.717, 1.165) is 18.8 Å². The molecule has 0 aromatic heterocycles. The van der Waals surface area contributed by atoms with Crippen LogP contribution in [0.3, 0.4) is 0 Å². The summed E-state index contributed by atoms with van der Waals surface area (Å²) in [6, 6.07) is 5.47. The lowest BCUT2D eigenvalue weighted by atomic mass is 10.2. The van der Waals surface area contributed by atoms with Crippen LogP contribution in [0.1, 0.15) is 6.92 Å². The number of benzene rings is 1. The van der Waals surface area contributed by atoms with Gasteiger partial charge in [0, 0.05) is 30.5 Å². The molecule has 1 fully saturated rings. The van der Waals surface area contributed by atoms with Gasteiger partial charge in [-0.3, -0.25) is 4.79 Å². The molecule has 0 radical (unpaired) electrons. The third-order valence-electron chi connectivity index (χ3n) is 2.93. The Hall–Kier alpha value is -1.72. The van der Waals surface area contributed by atoms with Crippen molar-refractivity contribution in [3.63, 3.8) is 0 Å². The van der Waals surface area contributed by atoms with E-state index in [2.05, 4.69) is 10.2 Å². The fourth-order valence-corrected chi connectivity index (χ4v) is 2.33. The highest BCUT2D eigenvalue weighted by atomic mass is 35.5. The van der Waals surface area contributed by atoms with Crippen LogP contribution in [0, 0.1) is 0 Å². The van der Waals surface area contributed by atoms with Gasteiger partial charge in [-0.15, -0.1) is 0 Å². The molecule has 2 rings (SSSR count). The van der Waals surface area contributed by atoms with Crippen LogP contribution in [-0.4, -0.2) is 32.2 Å². The predicted molar refractivity (Wildman–Crippen MR) is 81.1 cm³/mol. The standard InChI is InChI=1S/C14H18ClN3O2/c1-10(16)8-14(19)17-11-2-3-13(12(15)9-11)18-4-6-20-7-5-18/h2-3,8-9H,4-7,16H2,1H3,(H,17,19). The minimum absolute atomic E-state index is 0.264. The second kappa shape index (κ2) is 6.63. The number of rotatable bonds is 3. The number of amides is 1. The molecule has 1 aromatic carbocycles. The smallest absolute Gasteiger partial charge is 0.250 e. The van der Waals surface area contributed by atoms with Gasteiger partial charge in [0.05, 0.1) is 23.9 Å². The summed E-state index contributed by atoms with van der Waals surface area (Å²) >= 11 is 6.28. The van der Waals surface area contributed by atoms with Gasteiger partial charge in [0.15, 0.2) is 0 Å². The van der Waals surface area contributed by atoms with Crippen LogP contribution in [0.4, 0.5) is 11.4 Å². The van der Waals surface area contributed by atoms with Gasteiger partial charge in [-0.05, 0) is 25.1 Å². The first-order valence-electron chi connectivity index (χ1n) is 6.43. The molecule has 0 bridgehead atoms. The van der Waals surface area contributed by atoms with E-state index in [1.54, 1.807) is 13.0 Å². The Morgan fingerprint density at radius 1 is 1.45 bits per heavy atom. The van der Waals surface area contributed by atoms with E-state index in [1.165, 1.54) is 6.08 Å². The van der Waals surface area contributed by atoms with Crippen LogP contribution in [0.5, 0.6) is 0 Å². The maximum atomic E-state index is 11.6. The molecule has 1 amide bonds. The van der Waals surface area contributed by atoms with Crippen molar-refractivity contribution in [2.75, 3.05) is 36.5 Å². The lowest BCUT2D eigenvalue weighted by Crippen LogP contribution is -2.36. The number of allylic oxidation sites excluding steroid dienone is 1. The lowest BCUT2D eigenvalue weighted by Gasteiger charge is -2.29. The number of anilines is 2. The molecule has 0 unspecified atom stereocenters. The topological polar surface area (TPSA) is 67.6 Å². The van der Waals surface area contributed by atoms with Crippen molar-refractivity contribution in [2.24, 2.45) is 5.73 Å². The zero-order chi connectivity index (χ0) is 14.5. The molecule has 1 aromatic rings. The second-order valence-corrected chi connectivity index (χ2v) is 5.05. The van der Waals surface area contributed by atoms with Crippen molar-refractivity contribution >= 4 is 28.9 Å². The van der Waals surface area contributed by atoms with Crippen LogP contribution in [0.2, 0.25) is 5.02 Å². The maximum absolute atomic E-state index is 11.6. The van der Waals surface area contributed by atoms with Gasteiger partial charge in [0.25, 0.3) is 0 Å². The van der Waals surface area contributed by atoms with E-state index in [0.29, 0.717) is 29.6 Å². The van der Waals surface area contributed by atoms with E-state index in [-0.39, 0.29) is 5.91 Å². The van der Waals surface area contributed by atoms with Gasteiger partial charge in [-0.25, -0.2) is 0 Å². The number of morpholine rings is 1. The summed E-state index contributed by atoms with van der Waals surface area (Å²) in [4.78, 5) is 13.8. The van der Waals surface area contributed by atoms with Gasteiger partial charge >= 0.3 is 0 Å². The molecule has 1 heterocycles. The van der Waals surface area contributed by atoms with Crippen molar-refractivity contribution in [1.82, 2.24) is 0 Å². The van der Waals surface area contributed by atoms with Gasteiger partial charge < -0.3 is 20.7 Å².